The maximum atomic E-state index is 5.61. The molecule has 12 heavy (non-hydrogen) atoms. The third kappa shape index (κ3) is 1.84. The van der Waals surface area contributed by atoms with Gasteiger partial charge in [-0.1, -0.05) is 30.3 Å². The minimum Gasteiger partial charge on any atom is -0.372 e. The Morgan fingerprint density at radius 1 is 1.33 bits per heavy atom. The predicted octanol–water partition coefficient (Wildman–Crippen LogP) is 1.30. The fraction of sp³-hybridized carbons (Fsp3) is 0.400. The molecule has 0 amide bonds. The van der Waals surface area contributed by atoms with E-state index >= 15 is 0 Å². The smallest absolute Gasteiger partial charge is 0.0747 e. The normalized spacial score (nSPS) is 27.1. The SMILES string of the molecule is N[C@@H]1C[C@H]1OCc1ccccc1. The van der Waals surface area contributed by atoms with E-state index in [0.717, 1.165) is 6.42 Å². The van der Waals surface area contributed by atoms with Crippen LogP contribution in [0.2, 0.25) is 0 Å². The number of nitrogens with two attached hydrogens (primary N) is 1. The Balaban J connectivity index is 1.80. The molecule has 1 saturated carbocycles. The van der Waals surface area contributed by atoms with Gasteiger partial charge in [-0.3, -0.25) is 0 Å². The van der Waals surface area contributed by atoms with Crippen LogP contribution in [0.1, 0.15) is 12.0 Å². The van der Waals surface area contributed by atoms with Gasteiger partial charge in [0.05, 0.1) is 12.7 Å². The van der Waals surface area contributed by atoms with Crippen LogP contribution in [0.5, 0.6) is 0 Å². The van der Waals surface area contributed by atoms with E-state index < -0.39 is 0 Å². The second-order valence-corrected chi connectivity index (χ2v) is 3.23. The van der Waals surface area contributed by atoms with Crippen LogP contribution in [0.25, 0.3) is 0 Å². The molecular weight excluding hydrogens is 150 g/mol. The molecule has 0 aliphatic heterocycles. The summed E-state index contributed by atoms with van der Waals surface area (Å²) in [6, 6.07) is 10.5. The van der Waals surface area contributed by atoms with Crippen LogP contribution >= 0.6 is 0 Å². The first-order chi connectivity index (χ1) is 5.86. The third-order valence-corrected chi connectivity index (χ3v) is 2.09. The van der Waals surface area contributed by atoms with E-state index in [0.29, 0.717) is 12.7 Å². The molecule has 1 fully saturated rings. The summed E-state index contributed by atoms with van der Waals surface area (Å²) in [7, 11) is 0. The average molecular weight is 163 g/mol. The minimum absolute atomic E-state index is 0.286. The number of ether oxygens (including phenoxy) is 1. The maximum Gasteiger partial charge on any atom is 0.0747 e. The van der Waals surface area contributed by atoms with Gasteiger partial charge in [-0.2, -0.15) is 0 Å². The third-order valence-electron chi connectivity index (χ3n) is 2.09. The lowest BCUT2D eigenvalue weighted by Gasteiger charge is -2.01. The molecule has 0 aromatic heterocycles. The van der Waals surface area contributed by atoms with E-state index in [1.165, 1.54) is 5.56 Å². The zero-order chi connectivity index (χ0) is 8.39. The van der Waals surface area contributed by atoms with Crippen LogP contribution in [-0.4, -0.2) is 12.1 Å². The molecule has 1 aromatic carbocycles. The molecule has 2 rings (SSSR count). The molecule has 0 saturated heterocycles. The standard InChI is InChI=1S/C10H13NO/c11-9-6-10(9)12-7-8-4-2-1-3-5-8/h1-5,9-10H,6-7,11H2/t9-,10-/m1/s1. The van der Waals surface area contributed by atoms with Crippen LogP contribution in [0.4, 0.5) is 0 Å². The van der Waals surface area contributed by atoms with Crippen LogP contribution in [0.3, 0.4) is 0 Å². The fourth-order valence-corrected chi connectivity index (χ4v) is 1.16. The summed E-state index contributed by atoms with van der Waals surface area (Å²) >= 11 is 0. The molecule has 2 nitrogen and oxygen atoms in total. The van der Waals surface area contributed by atoms with Gasteiger partial charge in [-0.15, -0.1) is 0 Å². The molecule has 2 N–H and O–H groups in total. The summed E-state index contributed by atoms with van der Waals surface area (Å²) in [6.07, 6.45) is 1.33. The van der Waals surface area contributed by atoms with Crippen LogP contribution in [0.15, 0.2) is 30.3 Å². The van der Waals surface area contributed by atoms with Gasteiger partial charge >= 0.3 is 0 Å². The monoisotopic (exact) mass is 163 g/mol. The molecule has 1 aliphatic rings. The highest BCUT2D eigenvalue weighted by atomic mass is 16.5. The zero-order valence-corrected chi connectivity index (χ0v) is 6.94. The van der Waals surface area contributed by atoms with Gasteiger partial charge < -0.3 is 10.5 Å². The first-order valence-electron chi connectivity index (χ1n) is 4.27. The Morgan fingerprint density at radius 2 is 2.00 bits per heavy atom. The van der Waals surface area contributed by atoms with Crippen molar-refractivity contribution in [3.63, 3.8) is 0 Å². The van der Waals surface area contributed by atoms with E-state index in [2.05, 4.69) is 12.1 Å². The lowest BCUT2D eigenvalue weighted by atomic mass is 10.2. The molecule has 0 heterocycles. The van der Waals surface area contributed by atoms with Crippen LogP contribution in [-0.2, 0) is 11.3 Å². The Hall–Kier alpha value is -0.860. The molecule has 64 valence electrons. The van der Waals surface area contributed by atoms with Gasteiger partial charge in [-0.05, 0) is 12.0 Å². The molecule has 0 unspecified atom stereocenters. The van der Waals surface area contributed by atoms with E-state index in [9.17, 15) is 0 Å². The average Bonchev–Trinajstić information content (AvgIpc) is 2.81. The largest absolute Gasteiger partial charge is 0.372 e. The molecule has 0 spiro atoms. The lowest BCUT2D eigenvalue weighted by Crippen LogP contribution is -2.08. The van der Waals surface area contributed by atoms with Crippen molar-refractivity contribution < 1.29 is 4.74 Å². The minimum atomic E-state index is 0.286. The van der Waals surface area contributed by atoms with Gasteiger partial charge in [0, 0.05) is 6.04 Å². The quantitative estimate of drug-likeness (QED) is 0.729. The second kappa shape index (κ2) is 3.25. The summed E-state index contributed by atoms with van der Waals surface area (Å²) in [6.45, 7) is 0.694. The Labute approximate surface area is 72.3 Å². The topological polar surface area (TPSA) is 35.2 Å². The summed E-state index contributed by atoms with van der Waals surface area (Å²) in [5, 5.41) is 0. The lowest BCUT2D eigenvalue weighted by molar-refractivity contribution is 0.102. The van der Waals surface area contributed by atoms with E-state index in [1.54, 1.807) is 0 Å². The predicted molar refractivity (Wildman–Crippen MR) is 47.6 cm³/mol. The summed E-state index contributed by atoms with van der Waals surface area (Å²) < 4.78 is 5.53. The molecule has 2 heteroatoms. The van der Waals surface area contributed by atoms with Gasteiger partial charge in [-0.25, -0.2) is 0 Å². The van der Waals surface area contributed by atoms with Gasteiger partial charge in [0.2, 0.25) is 0 Å². The van der Waals surface area contributed by atoms with Crippen molar-refractivity contribution in [1.29, 1.82) is 0 Å². The van der Waals surface area contributed by atoms with Crippen molar-refractivity contribution in [2.24, 2.45) is 5.73 Å². The second-order valence-electron chi connectivity index (χ2n) is 3.23. The molecule has 1 aromatic rings. The zero-order valence-electron chi connectivity index (χ0n) is 6.94. The van der Waals surface area contributed by atoms with Crippen molar-refractivity contribution in [1.82, 2.24) is 0 Å². The molecule has 2 atom stereocenters. The van der Waals surface area contributed by atoms with Crippen LogP contribution < -0.4 is 5.73 Å². The first-order valence-corrected chi connectivity index (χ1v) is 4.27. The van der Waals surface area contributed by atoms with E-state index in [1.807, 2.05) is 18.2 Å². The Morgan fingerprint density at radius 3 is 2.58 bits per heavy atom. The van der Waals surface area contributed by atoms with Crippen molar-refractivity contribution in [2.75, 3.05) is 0 Å². The summed E-state index contributed by atoms with van der Waals surface area (Å²) in [4.78, 5) is 0. The number of hydrogen-bond donors (Lipinski definition) is 1. The molecular formula is C10H13NO. The first kappa shape index (κ1) is 7.77. The van der Waals surface area contributed by atoms with Crippen molar-refractivity contribution in [2.45, 2.75) is 25.2 Å². The molecule has 0 bridgehead atoms. The van der Waals surface area contributed by atoms with Crippen LogP contribution in [0, 0.1) is 0 Å². The van der Waals surface area contributed by atoms with Gasteiger partial charge in [0.15, 0.2) is 0 Å². The summed E-state index contributed by atoms with van der Waals surface area (Å²) in [5.41, 5.74) is 6.82. The maximum absolute atomic E-state index is 5.61. The molecule has 0 radical (unpaired) electrons. The summed E-state index contributed by atoms with van der Waals surface area (Å²) in [5.74, 6) is 0. The molecule has 1 aliphatic carbocycles. The number of benzene rings is 1. The highest BCUT2D eigenvalue weighted by Gasteiger charge is 2.34. The Bertz CT molecular complexity index is 247. The van der Waals surface area contributed by atoms with E-state index in [-0.39, 0.29) is 6.04 Å². The van der Waals surface area contributed by atoms with Crippen molar-refractivity contribution in [3.8, 4) is 0 Å². The van der Waals surface area contributed by atoms with Crippen molar-refractivity contribution in [3.05, 3.63) is 35.9 Å². The highest BCUT2D eigenvalue weighted by molar-refractivity contribution is 5.13. The van der Waals surface area contributed by atoms with Crippen molar-refractivity contribution >= 4 is 0 Å². The van der Waals surface area contributed by atoms with E-state index in [4.69, 9.17) is 10.5 Å². The fourth-order valence-electron chi connectivity index (χ4n) is 1.16. The number of hydrogen-bond acceptors (Lipinski definition) is 2. The van der Waals surface area contributed by atoms with Gasteiger partial charge in [0.1, 0.15) is 0 Å². The Kier molecular flexibility index (Phi) is 2.11. The number of rotatable bonds is 3. The van der Waals surface area contributed by atoms with Gasteiger partial charge in [0.25, 0.3) is 0 Å². The highest BCUT2D eigenvalue weighted by Crippen LogP contribution is 2.23.